The molecule has 0 aliphatic carbocycles. The van der Waals surface area contributed by atoms with E-state index >= 15 is 0 Å². The van der Waals surface area contributed by atoms with Gasteiger partial charge in [0.25, 0.3) is 0 Å². The minimum Gasteiger partial charge on any atom is -0.312 e. The molecule has 3 rings (SSSR count). The van der Waals surface area contributed by atoms with E-state index in [9.17, 15) is 0 Å². The van der Waals surface area contributed by atoms with E-state index < -0.39 is 0 Å². The zero-order valence-corrected chi connectivity index (χ0v) is 8.12. The Morgan fingerprint density at radius 3 is 3.36 bits per heavy atom. The summed E-state index contributed by atoms with van der Waals surface area (Å²) in [5, 5.41) is 7.78. The normalized spacial score (nSPS) is 15.8. The molecule has 1 aliphatic heterocycles. The van der Waals surface area contributed by atoms with E-state index in [1.54, 1.807) is 0 Å². The van der Waals surface area contributed by atoms with Crippen molar-refractivity contribution in [1.29, 1.82) is 0 Å². The maximum Gasteiger partial charge on any atom is 0.155 e. The largest absolute Gasteiger partial charge is 0.312 e. The Hall–Kier alpha value is -1.42. The Morgan fingerprint density at radius 2 is 2.43 bits per heavy atom. The van der Waals surface area contributed by atoms with Crippen LogP contribution in [0, 0.1) is 6.92 Å². The summed E-state index contributed by atoms with van der Waals surface area (Å²) in [5.41, 5.74) is 4.57. The molecule has 0 unspecified atom stereocenters. The molecule has 0 spiro atoms. The molecule has 2 aromatic rings. The molecule has 1 N–H and O–H groups in total. The maximum atomic E-state index is 4.45. The predicted octanol–water partition coefficient (Wildman–Crippen LogP) is 0.683. The van der Waals surface area contributed by atoms with Crippen molar-refractivity contribution in [3.8, 4) is 0 Å². The van der Waals surface area contributed by atoms with Crippen LogP contribution in [-0.2, 0) is 13.0 Å². The predicted molar refractivity (Wildman–Crippen MR) is 53.1 cm³/mol. The molecule has 0 bridgehead atoms. The molecule has 14 heavy (non-hydrogen) atoms. The number of nitrogens with zero attached hydrogens (tertiary/aromatic N) is 3. The van der Waals surface area contributed by atoms with Crippen molar-refractivity contribution in [1.82, 2.24) is 19.9 Å². The van der Waals surface area contributed by atoms with Crippen LogP contribution in [0.25, 0.3) is 5.65 Å². The molecule has 4 heteroatoms. The van der Waals surface area contributed by atoms with E-state index in [-0.39, 0.29) is 0 Å². The molecule has 0 saturated carbocycles. The average Bonchev–Trinajstić information content (AvgIpc) is 2.59. The van der Waals surface area contributed by atoms with Crippen molar-refractivity contribution in [2.24, 2.45) is 0 Å². The van der Waals surface area contributed by atoms with Crippen molar-refractivity contribution < 1.29 is 0 Å². The molecule has 0 atom stereocenters. The van der Waals surface area contributed by atoms with Crippen LogP contribution in [0.3, 0.4) is 0 Å². The summed E-state index contributed by atoms with van der Waals surface area (Å²) < 4.78 is 1.98. The minimum absolute atomic E-state index is 0.914. The van der Waals surface area contributed by atoms with Gasteiger partial charge in [-0.05, 0) is 6.92 Å². The van der Waals surface area contributed by atoms with Gasteiger partial charge in [-0.1, -0.05) is 0 Å². The molecular formula is C10H12N4. The second-order valence-corrected chi connectivity index (χ2v) is 3.71. The van der Waals surface area contributed by atoms with Crippen molar-refractivity contribution in [2.45, 2.75) is 19.9 Å². The lowest BCUT2D eigenvalue weighted by atomic mass is 10.1. The molecule has 0 radical (unpaired) electrons. The third-order valence-corrected chi connectivity index (χ3v) is 2.65. The van der Waals surface area contributed by atoms with Gasteiger partial charge in [0.1, 0.15) is 0 Å². The van der Waals surface area contributed by atoms with Crippen molar-refractivity contribution >= 4 is 5.65 Å². The molecule has 4 nitrogen and oxygen atoms in total. The van der Waals surface area contributed by atoms with Crippen LogP contribution in [0.5, 0.6) is 0 Å². The highest BCUT2D eigenvalue weighted by Crippen LogP contribution is 2.14. The van der Waals surface area contributed by atoms with Gasteiger partial charge >= 0.3 is 0 Å². The van der Waals surface area contributed by atoms with Crippen LogP contribution >= 0.6 is 0 Å². The van der Waals surface area contributed by atoms with Crippen molar-refractivity contribution in [3.63, 3.8) is 0 Å². The summed E-state index contributed by atoms with van der Waals surface area (Å²) in [7, 11) is 0. The third kappa shape index (κ3) is 1.04. The Labute approximate surface area is 82.0 Å². The zero-order valence-electron chi connectivity index (χ0n) is 8.12. The second-order valence-electron chi connectivity index (χ2n) is 3.71. The number of rotatable bonds is 0. The van der Waals surface area contributed by atoms with Crippen LogP contribution in [0.2, 0.25) is 0 Å². The highest BCUT2D eigenvalue weighted by Gasteiger charge is 2.13. The van der Waals surface area contributed by atoms with Gasteiger partial charge in [0.2, 0.25) is 0 Å². The topological polar surface area (TPSA) is 42.2 Å². The van der Waals surface area contributed by atoms with E-state index in [4.69, 9.17) is 0 Å². The first kappa shape index (κ1) is 7.94. The highest BCUT2D eigenvalue weighted by atomic mass is 15.3. The molecule has 1 aliphatic rings. The number of hydrogen-bond donors (Lipinski definition) is 1. The average molecular weight is 188 g/mol. The van der Waals surface area contributed by atoms with Gasteiger partial charge in [0.05, 0.1) is 11.4 Å². The molecule has 2 aromatic heterocycles. The summed E-state index contributed by atoms with van der Waals surface area (Å²) >= 11 is 0. The van der Waals surface area contributed by atoms with Crippen LogP contribution in [0.4, 0.5) is 0 Å². The third-order valence-electron chi connectivity index (χ3n) is 2.65. The first-order valence-electron chi connectivity index (χ1n) is 4.88. The molecule has 0 aromatic carbocycles. The molecule has 0 fully saturated rings. The summed E-state index contributed by atoms with van der Waals surface area (Å²) in [4.78, 5) is 4.38. The first-order chi connectivity index (χ1) is 6.84. The Balaban J connectivity index is 2.33. The quantitative estimate of drug-likeness (QED) is 0.661. The van der Waals surface area contributed by atoms with Gasteiger partial charge in [0.15, 0.2) is 5.65 Å². The number of fused-ring (bicyclic) bond motifs is 3. The summed E-state index contributed by atoms with van der Waals surface area (Å²) in [6, 6.07) is 2.02. The highest BCUT2D eigenvalue weighted by molar-refractivity contribution is 5.42. The van der Waals surface area contributed by atoms with Gasteiger partial charge in [0, 0.05) is 37.3 Å². The van der Waals surface area contributed by atoms with Crippen molar-refractivity contribution in [2.75, 3.05) is 6.54 Å². The second kappa shape index (κ2) is 2.78. The van der Waals surface area contributed by atoms with Gasteiger partial charge in [-0.3, -0.25) is 0 Å². The van der Waals surface area contributed by atoms with Gasteiger partial charge in [-0.2, -0.15) is 5.10 Å². The molecule has 72 valence electrons. The van der Waals surface area contributed by atoms with E-state index in [2.05, 4.69) is 15.4 Å². The first-order valence-corrected chi connectivity index (χ1v) is 4.88. The molecular weight excluding hydrogens is 176 g/mol. The lowest BCUT2D eigenvalue weighted by Crippen LogP contribution is -2.26. The fourth-order valence-corrected chi connectivity index (χ4v) is 1.97. The monoisotopic (exact) mass is 188 g/mol. The van der Waals surface area contributed by atoms with Crippen molar-refractivity contribution in [3.05, 3.63) is 29.2 Å². The number of aromatic nitrogens is 3. The summed E-state index contributed by atoms with van der Waals surface area (Å²) in [6.45, 7) is 3.95. The van der Waals surface area contributed by atoms with E-state index in [1.165, 1.54) is 11.3 Å². The number of hydrogen-bond acceptors (Lipinski definition) is 3. The molecule has 0 amide bonds. The molecule has 3 heterocycles. The van der Waals surface area contributed by atoms with E-state index in [1.807, 2.05) is 23.7 Å². The van der Waals surface area contributed by atoms with Crippen LogP contribution in [-0.4, -0.2) is 21.1 Å². The van der Waals surface area contributed by atoms with Gasteiger partial charge < -0.3 is 5.32 Å². The minimum atomic E-state index is 0.914. The number of aryl methyl sites for hydroxylation is 1. The smallest absolute Gasteiger partial charge is 0.155 e. The zero-order chi connectivity index (χ0) is 9.54. The van der Waals surface area contributed by atoms with Crippen LogP contribution < -0.4 is 5.32 Å². The maximum absolute atomic E-state index is 4.45. The number of nitrogens with one attached hydrogen (secondary N) is 1. The summed E-state index contributed by atoms with van der Waals surface area (Å²) in [6.07, 6.45) is 2.99. The fourth-order valence-electron chi connectivity index (χ4n) is 1.97. The fraction of sp³-hybridized carbons (Fsp3) is 0.400. The van der Waals surface area contributed by atoms with Gasteiger partial charge in [-0.15, -0.1) is 0 Å². The lowest BCUT2D eigenvalue weighted by molar-refractivity contribution is 0.609. The SMILES string of the molecule is Cc1cc2ncc3c(n2n1)CCNC3. The lowest BCUT2D eigenvalue weighted by Gasteiger charge is -2.16. The molecule has 0 saturated heterocycles. The Bertz CT molecular complexity index is 486. The van der Waals surface area contributed by atoms with Crippen LogP contribution in [0.1, 0.15) is 17.0 Å². The van der Waals surface area contributed by atoms with E-state index in [0.29, 0.717) is 0 Å². The van der Waals surface area contributed by atoms with Crippen LogP contribution in [0.15, 0.2) is 12.3 Å². The van der Waals surface area contributed by atoms with E-state index in [0.717, 1.165) is 30.9 Å². The van der Waals surface area contributed by atoms with Gasteiger partial charge in [-0.25, -0.2) is 9.50 Å². The Morgan fingerprint density at radius 1 is 1.50 bits per heavy atom. The Kier molecular flexibility index (Phi) is 1.58. The summed E-state index contributed by atoms with van der Waals surface area (Å²) in [5.74, 6) is 0. The standard InChI is InChI=1S/C10H12N4/c1-7-4-10-12-6-8-5-11-3-2-9(8)14(10)13-7/h4,6,11H,2-3,5H2,1H3.